The number of aliphatic hydroxyl groups is 1. The molecule has 0 aromatic heterocycles. The summed E-state index contributed by atoms with van der Waals surface area (Å²) in [7, 11) is 0. The molecule has 260 valence electrons. The van der Waals surface area contributed by atoms with Gasteiger partial charge in [0.2, 0.25) is 0 Å². The highest BCUT2D eigenvalue weighted by atomic mass is 16.3. The van der Waals surface area contributed by atoms with Gasteiger partial charge in [0, 0.05) is 6.61 Å². The van der Waals surface area contributed by atoms with Gasteiger partial charge in [-0.05, 0) is 66.1 Å². The third-order valence-electron chi connectivity index (χ3n) is 10.9. The number of hydrogen-bond donors (Lipinski definition) is 1. The van der Waals surface area contributed by atoms with Crippen LogP contribution in [0.5, 0.6) is 0 Å². The Kier molecular flexibility index (Phi) is 28.2. The van der Waals surface area contributed by atoms with Gasteiger partial charge in [-0.25, -0.2) is 0 Å². The van der Waals surface area contributed by atoms with E-state index in [0.717, 1.165) is 47.3 Å². The van der Waals surface area contributed by atoms with Crippen LogP contribution in [0.3, 0.4) is 0 Å². The molecule has 0 radical (unpaired) electrons. The molecule has 0 bridgehead atoms. The minimum absolute atomic E-state index is 0.388. The van der Waals surface area contributed by atoms with E-state index in [0.29, 0.717) is 12.5 Å². The smallest absolute Gasteiger partial charge is 0.0459 e. The molecule has 0 heterocycles. The van der Waals surface area contributed by atoms with Crippen molar-refractivity contribution in [2.24, 2.45) is 53.3 Å². The molecule has 0 aliphatic heterocycles. The van der Waals surface area contributed by atoms with Gasteiger partial charge in [-0.2, -0.15) is 0 Å². The molecule has 6 unspecified atom stereocenters. The van der Waals surface area contributed by atoms with Crippen molar-refractivity contribution in [3.05, 3.63) is 0 Å². The first kappa shape index (κ1) is 43.0. The lowest BCUT2D eigenvalue weighted by atomic mass is 9.86. The number of aliphatic hydroxyl groups excluding tert-OH is 1. The van der Waals surface area contributed by atoms with E-state index in [4.69, 9.17) is 0 Å². The zero-order valence-corrected chi connectivity index (χ0v) is 31.9. The Morgan fingerprint density at radius 1 is 0.279 bits per heavy atom. The maximum atomic E-state index is 10.0. The van der Waals surface area contributed by atoms with Gasteiger partial charge in [-0.15, -0.1) is 0 Å². The van der Waals surface area contributed by atoms with Gasteiger partial charge in [-0.3, -0.25) is 0 Å². The maximum Gasteiger partial charge on any atom is 0.0459 e. The zero-order valence-electron chi connectivity index (χ0n) is 31.9. The molecule has 0 spiro atoms. The highest BCUT2D eigenvalue weighted by Crippen LogP contribution is 2.27. The molecule has 1 N–H and O–H groups in total. The van der Waals surface area contributed by atoms with E-state index in [1.165, 1.54) is 141 Å². The number of rotatable bonds is 31. The average Bonchev–Trinajstić information content (AvgIpc) is 2.92. The van der Waals surface area contributed by atoms with Crippen LogP contribution in [0.2, 0.25) is 0 Å². The Balaban J connectivity index is 3.86. The Morgan fingerprint density at radius 2 is 0.488 bits per heavy atom. The highest BCUT2D eigenvalue weighted by Gasteiger charge is 2.14. The van der Waals surface area contributed by atoms with E-state index in [1.54, 1.807) is 0 Å². The first-order valence-corrected chi connectivity index (χ1v) is 20.0. The van der Waals surface area contributed by atoms with Crippen LogP contribution in [0.4, 0.5) is 0 Å². The monoisotopic (exact) mass is 607 g/mol. The van der Waals surface area contributed by atoms with E-state index in [9.17, 15) is 5.11 Å². The van der Waals surface area contributed by atoms with E-state index in [1.807, 2.05) is 0 Å². The maximum absolute atomic E-state index is 10.0. The second-order valence-electron chi connectivity index (χ2n) is 17.2. The fourth-order valence-corrected chi connectivity index (χ4v) is 7.24. The fourth-order valence-electron chi connectivity index (χ4n) is 7.24. The number of hydrogen-bond acceptors (Lipinski definition) is 1. The predicted molar refractivity (Wildman–Crippen MR) is 197 cm³/mol. The van der Waals surface area contributed by atoms with Gasteiger partial charge in [0.05, 0.1) is 0 Å². The van der Waals surface area contributed by atoms with Crippen LogP contribution in [0, 0.1) is 53.3 Å². The van der Waals surface area contributed by atoms with Crippen molar-refractivity contribution in [3.8, 4) is 0 Å². The first-order valence-electron chi connectivity index (χ1n) is 20.0. The van der Waals surface area contributed by atoms with E-state index in [2.05, 4.69) is 69.2 Å². The molecule has 0 amide bonds. The van der Waals surface area contributed by atoms with Crippen LogP contribution in [0.25, 0.3) is 0 Å². The van der Waals surface area contributed by atoms with Crippen LogP contribution in [0.15, 0.2) is 0 Å². The molecule has 0 saturated carbocycles. The molecular formula is C42H86O. The van der Waals surface area contributed by atoms with Crippen molar-refractivity contribution in [3.63, 3.8) is 0 Å². The van der Waals surface area contributed by atoms with E-state index in [-0.39, 0.29) is 0 Å². The van der Waals surface area contributed by atoms with Crippen molar-refractivity contribution in [1.82, 2.24) is 0 Å². The van der Waals surface area contributed by atoms with Gasteiger partial charge >= 0.3 is 0 Å². The van der Waals surface area contributed by atoms with Gasteiger partial charge < -0.3 is 5.11 Å². The third-order valence-corrected chi connectivity index (χ3v) is 10.9. The van der Waals surface area contributed by atoms with Crippen LogP contribution in [-0.2, 0) is 0 Å². The largest absolute Gasteiger partial charge is 0.396 e. The van der Waals surface area contributed by atoms with Crippen molar-refractivity contribution >= 4 is 0 Å². The third kappa shape index (κ3) is 29.1. The predicted octanol–water partition coefficient (Wildman–Crippen LogP) is 14.3. The van der Waals surface area contributed by atoms with Crippen LogP contribution >= 0.6 is 0 Å². The summed E-state index contributed by atoms with van der Waals surface area (Å²) in [4.78, 5) is 0. The van der Waals surface area contributed by atoms with Crippen molar-refractivity contribution in [1.29, 1.82) is 0 Å². The molecule has 0 rings (SSSR count). The van der Waals surface area contributed by atoms with Gasteiger partial charge in [-0.1, -0.05) is 198 Å². The lowest BCUT2D eigenvalue weighted by Gasteiger charge is -2.20. The summed E-state index contributed by atoms with van der Waals surface area (Å²) < 4.78 is 0. The Morgan fingerprint density at radius 3 is 0.698 bits per heavy atom. The second kappa shape index (κ2) is 28.2. The molecule has 0 fully saturated rings. The Hall–Kier alpha value is -0.0400. The Bertz CT molecular complexity index is 519. The van der Waals surface area contributed by atoms with E-state index < -0.39 is 0 Å². The molecule has 0 aromatic rings. The minimum atomic E-state index is 0.388. The summed E-state index contributed by atoms with van der Waals surface area (Å²) >= 11 is 0. The van der Waals surface area contributed by atoms with Gasteiger partial charge in [0.15, 0.2) is 0 Å². The first-order chi connectivity index (χ1) is 20.4. The average molecular weight is 607 g/mol. The van der Waals surface area contributed by atoms with Gasteiger partial charge in [0.25, 0.3) is 0 Å². The summed E-state index contributed by atoms with van der Waals surface area (Å²) in [5, 5.41) is 10.0. The lowest BCUT2D eigenvalue weighted by molar-refractivity contribution is 0.193. The van der Waals surface area contributed by atoms with Crippen LogP contribution < -0.4 is 0 Å². The molecule has 0 aliphatic carbocycles. The normalized spacial score (nSPS) is 17.2. The van der Waals surface area contributed by atoms with Gasteiger partial charge in [0.1, 0.15) is 0 Å². The van der Waals surface area contributed by atoms with Crippen molar-refractivity contribution < 1.29 is 5.11 Å². The molecule has 0 aromatic carbocycles. The zero-order chi connectivity index (χ0) is 32.5. The molecular weight excluding hydrogens is 520 g/mol. The van der Waals surface area contributed by atoms with Crippen molar-refractivity contribution in [2.45, 2.75) is 210 Å². The van der Waals surface area contributed by atoms with E-state index >= 15 is 0 Å². The Labute approximate surface area is 274 Å². The summed E-state index contributed by atoms with van der Waals surface area (Å²) in [5.41, 5.74) is 0. The van der Waals surface area contributed by atoms with Crippen LogP contribution in [0.1, 0.15) is 210 Å². The molecule has 0 aliphatic rings. The summed E-state index contributed by atoms with van der Waals surface area (Å²) in [6, 6.07) is 0. The summed E-state index contributed by atoms with van der Waals surface area (Å²) in [5.74, 6) is 7.46. The quantitative estimate of drug-likeness (QED) is 0.0832. The fraction of sp³-hybridized carbons (Fsp3) is 1.00. The topological polar surface area (TPSA) is 20.2 Å². The summed E-state index contributed by atoms with van der Waals surface area (Å²) in [6.45, 7) is 24.6. The SMILES string of the molecule is CC(C)CCCC(C)CCCC(C)CCCC(C)CCC(CO)CCC(C)CCCC(C)CCCC(C)CCCC(C)C. The molecule has 43 heavy (non-hydrogen) atoms. The molecule has 0 saturated heterocycles. The summed E-state index contributed by atoms with van der Waals surface area (Å²) in [6.07, 6.45) is 30.4. The molecule has 1 nitrogen and oxygen atoms in total. The van der Waals surface area contributed by atoms with Crippen molar-refractivity contribution in [2.75, 3.05) is 6.61 Å². The molecule has 1 heteroatoms. The highest BCUT2D eigenvalue weighted by molar-refractivity contribution is 4.67. The standard InChI is InChI=1S/C42H86O/c1-34(2)17-11-19-36(5)21-13-23-38(7)25-15-27-40(9)29-31-42(33-43)32-30-41(10)28-16-26-39(8)24-14-22-37(6)20-12-18-35(3)4/h34-43H,11-33H2,1-10H3. The molecule has 6 atom stereocenters. The lowest BCUT2D eigenvalue weighted by Crippen LogP contribution is -2.10. The van der Waals surface area contributed by atoms with Crippen LogP contribution in [-0.4, -0.2) is 11.7 Å². The second-order valence-corrected chi connectivity index (χ2v) is 17.2. The minimum Gasteiger partial charge on any atom is -0.396 e.